The first-order valence-corrected chi connectivity index (χ1v) is 10.7. The van der Waals surface area contributed by atoms with E-state index in [-0.39, 0.29) is 30.8 Å². The smallest absolute Gasteiger partial charge is 0.325 e. The van der Waals surface area contributed by atoms with E-state index in [4.69, 9.17) is 13.6 Å². The van der Waals surface area contributed by atoms with Gasteiger partial charge in [-0.3, -0.25) is 19.2 Å². The van der Waals surface area contributed by atoms with Gasteiger partial charge in [0.25, 0.3) is 5.69 Å². The lowest BCUT2D eigenvalue weighted by Crippen LogP contribution is -2.13. The van der Waals surface area contributed by atoms with Crippen LogP contribution in [-0.2, 0) is 22.7 Å². The molecule has 0 radical (unpaired) electrons. The average molecular weight is 365 g/mol. The van der Waals surface area contributed by atoms with Crippen LogP contribution in [0.15, 0.2) is 24.3 Å². The summed E-state index contributed by atoms with van der Waals surface area (Å²) in [7, 11) is -7.13. The second kappa shape index (κ2) is 8.71. The summed E-state index contributed by atoms with van der Waals surface area (Å²) < 4.78 is 41.5. The van der Waals surface area contributed by atoms with Gasteiger partial charge < -0.3 is 13.6 Å². The summed E-state index contributed by atoms with van der Waals surface area (Å²) in [5.41, 5.74) is -0.130. The summed E-state index contributed by atoms with van der Waals surface area (Å²) >= 11 is 0. The summed E-state index contributed by atoms with van der Waals surface area (Å²) in [5.74, 6) is -0.409. The first-order chi connectivity index (χ1) is 10.8. The summed E-state index contributed by atoms with van der Waals surface area (Å²) in [6, 6.07) is 5.15. The van der Waals surface area contributed by atoms with Gasteiger partial charge in [0.05, 0.1) is 24.7 Å². The van der Waals surface area contributed by atoms with Crippen LogP contribution in [0.25, 0.3) is 0 Å². The first-order valence-electron chi connectivity index (χ1n) is 7.17. The van der Waals surface area contributed by atoms with Gasteiger partial charge in [-0.1, -0.05) is 0 Å². The lowest BCUT2D eigenvalue weighted by atomic mass is 10.3. The first kappa shape index (κ1) is 20.0. The second-order valence-corrected chi connectivity index (χ2v) is 9.44. The fourth-order valence-corrected chi connectivity index (χ4v) is 7.44. The molecule has 0 aromatic heterocycles. The molecule has 1 atom stereocenters. The topological polar surface area (TPSA) is 105 Å². The minimum atomic E-state index is -3.59. The second-order valence-electron chi connectivity index (χ2n) is 4.45. The molecule has 0 heterocycles. The molecule has 0 fully saturated rings. The molecule has 0 aliphatic carbocycles. The fourth-order valence-electron chi connectivity index (χ4n) is 1.95. The largest absolute Gasteiger partial charge is 0.340 e. The van der Waals surface area contributed by atoms with Gasteiger partial charge in [-0.05, 0) is 32.9 Å². The van der Waals surface area contributed by atoms with Crippen molar-refractivity contribution in [2.24, 2.45) is 0 Å². The van der Waals surface area contributed by atoms with Crippen LogP contribution >= 0.6 is 15.0 Å². The van der Waals surface area contributed by atoms with Crippen molar-refractivity contribution in [1.82, 2.24) is 0 Å². The Kier molecular flexibility index (Phi) is 7.58. The number of hydrogen-bond donors (Lipinski definition) is 0. The van der Waals surface area contributed by atoms with E-state index in [1.54, 1.807) is 20.8 Å². The lowest BCUT2D eigenvalue weighted by molar-refractivity contribution is -0.384. The maximum atomic E-state index is 13.1. The fraction of sp³-hybridized carbons (Fsp3) is 0.538. The number of benzene rings is 1. The molecule has 1 aromatic carbocycles. The highest BCUT2D eigenvalue weighted by atomic mass is 31.2. The quantitative estimate of drug-likeness (QED) is 0.353. The Bertz CT molecular complexity index is 607. The van der Waals surface area contributed by atoms with Gasteiger partial charge >= 0.3 is 7.60 Å². The van der Waals surface area contributed by atoms with Crippen molar-refractivity contribution in [3.63, 3.8) is 0 Å². The van der Waals surface area contributed by atoms with E-state index in [2.05, 4.69) is 0 Å². The Morgan fingerprint density at radius 1 is 0.957 bits per heavy atom. The van der Waals surface area contributed by atoms with E-state index in [9.17, 15) is 19.2 Å². The third-order valence-corrected chi connectivity index (χ3v) is 8.74. The number of nitrogens with zero attached hydrogens (tertiary/aromatic N) is 1. The Morgan fingerprint density at radius 2 is 1.43 bits per heavy atom. The summed E-state index contributed by atoms with van der Waals surface area (Å²) in [4.78, 5) is 10.2. The molecule has 23 heavy (non-hydrogen) atoms. The van der Waals surface area contributed by atoms with Gasteiger partial charge in [-0.15, -0.1) is 0 Å². The molecule has 130 valence electrons. The zero-order valence-corrected chi connectivity index (χ0v) is 15.1. The van der Waals surface area contributed by atoms with E-state index in [1.807, 2.05) is 0 Å². The zero-order chi connectivity index (χ0) is 17.5. The molecule has 10 heteroatoms. The van der Waals surface area contributed by atoms with Gasteiger partial charge in [0, 0.05) is 17.4 Å². The highest BCUT2D eigenvalue weighted by Crippen LogP contribution is 2.62. The molecule has 0 aliphatic heterocycles. The van der Waals surface area contributed by atoms with Gasteiger partial charge in [0.1, 0.15) is 5.90 Å². The van der Waals surface area contributed by atoms with Crippen molar-refractivity contribution in [2.75, 3.05) is 25.7 Å². The molecule has 1 unspecified atom stereocenters. The summed E-state index contributed by atoms with van der Waals surface area (Å²) in [6.07, 6.45) is 0. The minimum Gasteiger partial charge on any atom is -0.325 e. The maximum absolute atomic E-state index is 13.1. The molecule has 0 saturated carbocycles. The van der Waals surface area contributed by atoms with E-state index in [0.29, 0.717) is 0 Å². The number of nitro groups is 1. The zero-order valence-electron chi connectivity index (χ0n) is 13.3. The van der Waals surface area contributed by atoms with Crippen molar-refractivity contribution in [2.45, 2.75) is 20.8 Å². The minimum absolute atomic E-state index is 0.130. The summed E-state index contributed by atoms with van der Waals surface area (Å²) in [6.45, 7) is 5.39. The van der Waals surface area contributed by atoms with E-state index < -0.39 is 25.8 Å². The predicted molar refractivity (Wildman–Crippen MR) is 87.7 cm³/mol. The number of nitro benzene ring substituents is 1. The maximum Gasteiger partial charge on any atom is 0.340 e. The Hall–Kier alpha value is -1.04. The van der Waals surface area contributed by atoms with Crippen LogP contribution in [0.1, 0.15) is 20.8 Å². The normalized spacial score (nSPS) is 14.4. The predicted octanol–water partition coefficient (Wildman–Crippen LogP) is 3.76. The molecular formula is C13H21NO7P2. The molecule has 0 aliphatic rings. The van der Waals surface area contributed by atoms with Crippen molar-refractivity contribution in [3.05, 3.63) is 34.4 Å². The highest BCUT2D eigenvalue weighted by Gasteiger charge is 2.38. The van der Waals surface area contributed by atoms with Crippen LogP contribution in [0.3, 0.4) is 0 Å². The van der Waals surface area contributed by atoms with Crippen LogP contribution in [0.4, 0.5) is 5.69 Å². The third kappa shape index (κ3) is 5.52. The van der Waals surface area contributed by atoms with E-state index in [1.165, 1.54) is 24.3 Å². The molecular weight excluding hydrogens is 344 g/mol. The molecule has 0 bridgehead atoms. The van der Waals surface area contributed by atoms with Gasteiger partial charge in [-0.25, -0.2) is 0 Å². The molecule has 0 amide bonds. The number of hydrogen-bond acceptors (Lipinski definition) is 7. The van der Waals surface area contributed by atoms with Crippen LogP contribution in [0, 0.1) is 10.1 Å². The lowest BCUT2D eigenvalue weighted by Gasteiger charge is -2.23. The van der Waals surface area contributed by atoms with E-state index in [0.717, 1.165) is 0 Å². The average Bonchev–Trinajstić information content (AvgIpc) is 2.47. The molecule has 0 spiro atoms. The molecule has 0 saturated heterocycles. The molecule has 0 N–H and O–H groups in total. The Balaban J connectivity index is 3.17. The standard InChI is InChI=1S/C13H21NO7P2/c1-4-19-22(17,11-23(18,20-5-2)21-6-3)13-9-7-12(8-10-13)14(15)16/h7-10H,4-6,11H2,1-3H3. The molecule has 1 rings (SSSR count). The summed E-state index contributed by atoms with van der Waals surface area (Å²) in [5, 5.41) is 10.9. The van der Waals surface area contributed by atoms with Crippen molar-refractivity contribution >= 4 is 26.0 Å². The van der Waals surface area contributed by atoms with Crippen LogP contribution in [0.2, 0.25) is 0 Å². The SMILES string of the molecule is CCOP(=O)(CP(=O)(OCC)c1ccc([N+](=O)[O-])cc1)OCC. The van der Waals surface area contributed by atoms with Crippen LogP contribution in [-0.4, -0.2) is 30.6 Å². The monoisotopic (exact) mass is 365 g/mol. The van der Waals surface area contributed by atoms with Crippen LogP contribution in [0.5, 0.6) is 0 Å². The number of non-ortho nitro benzene ring substituents is 1. The van der Waals surface area contributed by atoms with Gasteiger partial charge in [-0.2, -0.15) is 0 Å². The van der Waals surface area contributed by atoms with E-state index >= 15 is 0 Å². The Morgan fingerprint density at radius 3 is 1.83 bits per heavy atom. The third-order valence-electron chi connectivity index (χ3n) is 2.80. The van der Waals surface area contributed by atoms with Gasteiger partial charge in [0.2, 0.25) is 7.37 Å². The highest BCUT2D eigenvalue weighted by molar-refractivity contribution is 7.78. The van der Waals surface area contributed by atoms with Gasteiger partial charge in [0.15, 0.2) is 0 Å². The van der Waals surface area contributed by atoms with Crippen molar-refractivity contribution in [1.29, 1.82) is 0 Å². The molecule has 1 aromatic rings. The van der Waals surface area contributed by atoms with Crippen molar-refractivity contribution < 1.29 is 27.6 Å². The Labute approximate surface area is 135 Å². The van der Waals surface area contributed by atoms with Crippen LogP contribution < -0.4 is 5.30 Å². The number of rotatable bonds is 10. The molecule has 8 nitrogen and oxygen atoms in total. The van der Waals surface area contributed by atoms with Crippen molar-refractivity contribution in [3.8, 4) is 0 Å².